The monoisotopic (exact) mass is 282 g/mol. The van der Waals surface area contributed by atoms with Crippen LogP contribution < -0.4 is 0 Å². The minimum Gasteiger partial charge on any atom is -0.391 e. The lowest BCUT2D eigenvalue weighted by molar-refractivity contribution is -0.317. The van der Waals surface area contributed by atoms with Gasteiger partial charge in [0.15, 0.2) is 0 Å². The predicted molar refractivity (Wildman–Crippen MR) is 84.0 cm³/mol. The molecule has 0 unspecified atom stereocenters. The van der Waals surface area contributed by atoms with E-state index in [0.29, 0.717) is 0 Å². The van der Waals surface area contributed by atoms with Crippen molar-refractivity contribution < 1.29 is 9.84 Å². The van der Waals surface area contributed by atoms with E-state index in [2.05, 4.69) is 38.1 Å². The minimum atomic E-state index is -0.503. The molecule has 2 heteroatoms. The predicted octanol–water partition coefficient (Wildman–Crippen LogP) is 3.74. The zero-order valence-corrected chi connectivity index (χ0v) is 12.8. The summed E-state index contributed by atoms with van der Waals surface area (Å²) >= 11 is 0. The van der Waals surface area contributed by atoms with Gasteiger partial charge < -0.3 is 9.84 Å². The number of rotatable bonds is 3. The van der Waals surface area contributed by atoms with Gasteiger partial charge in [-0.1, -0.05) is 74.5 Å². The first kappa shape index (κ1) is 14.3. The molecule has 0 aromatic heterocycles. The van der Waals surface area contributed by atoms with Gasteiger partial charge in [-0.3, -0.25) is 0 Å². The molecule has 0 spiro atoms. The first-order valence-electron chi connectivity index (χ1n) is 7.47. The van der Waals surface area contributed by atoms with Crippen LogP contribution >= 0.6 is 0 Å². The topological polar surface area (TPSA) is 29.5 Å². The molecule has 0 radical (unpaired) electrons. The second-order valence-electron chi connectivity index (χ2n) is 6.41. The fraction of sp³-hybridized carbons (Fsp3) is 0.368. The number of benzene rings is 2. The first-order valence-corrected chi connectivity index (χ1v) is 7.47. The molecule has 110 valence electrons. The molecule has 21 heavy (non-hydrogen) atoms. The van der Waals surface area contributed by atoms with Gasteiger partial charge in [0.25, 0.3) is 0 Å². The van der Waals surface area contributed by atoms with Gasteiger partial charge in [-0.15, -0.1) is 0 Å². The van der Waals surface area contributed by atoms with Crippen molar-refractivity contribution in [1.29, 1.82) is 0 Å². The third-order valence-corrected chi connectivity index (χ3v) is 4.72. The van der Waals surface area contributed by atoms with Crippen LogP contribution in [0.1, 0.15) is 31.9 Å². The van der Waals surface area contributed by atoms with Crippen LogP contribution in [-0.4, -0.2) is 17.3 Å². The van der Waals surface area contributed by atoms with Crippen molar-refractivity contribution in [3.63, 3.8) is 0 Å². The van der Waals surface area contributed by atoms with Crippen LogP contribution in [0.2, 0.25) is 0 Å². The molecular weight excluding hydrogens is 260 g/mol. The standard InChI is InChI=1S/C19H22O2/c1-14(20)17-18(2,3)19(21-17,15-10-6-4-7-11-15)16-12-8-5-9-13-16/h4-14,17,20H,1-3H3/t14-,17-/m0/s1. The highest BCUT2D eigenvalue weighted by atomic mass is 16.6. The number of ether oxygens (including phenoxy) is 1. The Kier molecular flexibility index (Phi) is 3.39. The van der Waals surface area contributed by atoms with Crippen molar-refractivity contribution in [2.24, 2.45) is 5.41 Å². The Labute approximate surface area is 126 Å². The zero-order chi connectivity index (χ0) is 15.1. The van der Waals surface area contributed by atoms with Gasteiger partial charge >= 0.3 is 0 Å². The Balaban J connectivity index is 2.16. The van der Waals surface area contributed by atoms with Crippen molar-refractivity contribution in [2.45, 2.75) is 38.6 Å². The van der Waals surface area contributed by atoms with E-state index in [0.717, 1.165) is 11.1 Å². The molecular formula is C19H22O2. The van der Waals surface area contributed by atoms with E-state index in [1.807, 2.05) is 36.4 Å². The van der Waals surface area contributed by atoms with Crippen molar-refractivity contribution in [1.82, 2.24) is 0 Å². The molecule has 3 rings (SSSR count). The lowest BCUT2D eigenvalue weighted by atomic mass is 9.58. The van der Waals surface area contributed by atoms with Gasteiger partial charge in [0.2, 0.25) is 0 Å². The fourth-order valence-corrected chi connectivity index (χ4v) is 3.73. The molecule has 1 saturated heterocycles. The largest absolute Gasteiger partial charge is 0.391 e. The van der Waals surface area contributed by atoms with E-state index in [-0.39, 0.29) is 11.5 Å². The summed E-state index contributed by atoms with van der Waals surface area (Å²) < 4.78 is 6.33. The van der Waals surface area contributed by atoms with Crippen LogP contribution in [0.5, 0.6) is 0 Å². The van der Waals surface area contributed by atoms with Gasteiger partial charge in [-0.25, -0.2) is 0 Å². The normalized spacial score (nSPS) is 24.1. The molecule has 1 aliphatic rings. The molecule has 2 atom stereocenters. The highest BCUT2D eigenvalue weighted by molar-refractivity contribution is 5.42. The van der Waals surface area contributed by atoms with Gasteiger partial charge in [0, 0.05) is 5.41 Å². The van der Waals surface area contributed by atoms with Crippen LogP contribution in [-0.2, 0) is 10.3 Å². The summed E-state index contributed by atoms with van der Waals surface area (Å²) in [5, 5.41) is 10.0. The summed E-state index contributed by atoms with van der Waals surface area (Å²) in [4.78, 5) is 0. The van der Waals surface area contributed by atoms with E-state index in [4.69, 9.17) is 4.74 Å². The number of hydrogen-bond acceptors (Lipinski definition) is 2. The highest BCUT2D eigenvalue weighted by Gasteiger charge is 2.64. The maximum atomic E-state index is 10.0. The molecule has 0 amide bonds. The lowest BCUT2D eigenvalue weighted by Gasteiger charge is -2.62. The molecule has 0 bridgehead atoms. The van der Waals surface area contributed by atoms with Crippen LogP contribution in [0, 0.1) is 5.41 Å². The summed E-state index contributed by atoms with van der Waals surface area (Å²) in [5.74, 6) is 0. The molecule has 1 N–H and O–H groups in total. The molecule has 0 aliphatic carbocycles. The first-order chi connectivity index (χ1) is 10.00. The molecule has 1 fully saturated rings. The number of hydrogen-bond donors (Lipinski definition) is 1. The number of aliphatic hydroxyl groups is 1. The lowest BCUT2D eigenvalue weighted by Crippen LogP contribution is -2.67. The van der Waals surface area contributed by atoms with Crippen LogP contribution in [0.4, 0.5) is 0 Å². The summed E-state index contributed by atoms with van der Waals surface area (Å²) in [6, 6.07) is 20.6. The second-order valence-corrected chi connectivity index (χ2v) is 6.41. The Morgan fingerprint density at radius 1 is 0.905 bits per heavy atom. The van der Waals surface area contributed by atoms with Crippen molar-refractivity contribution >= 4 is 0 Å². The maximum Gasteiger partial charge on any atom is 0.126 e. The summed E-state index contributed by atoms with van der Waals surface area (Å²) in [6.07, 6.45) is -0.654. The average molecular weight is 282 g/mol. The quantitative estimate of drug-likeness (QED) is 0.929. The Morgan fingerprint density at radius 3 is 1.67 bits per heavy atom. The van der Waals surface area contributed by atoms with E-state index in [1.54, 1.807) is 6.92 Å². The average Bonchev–Trinajstić information content (AvgIpc) is 2.48. The van der Waals surface area contributed by atoms with Crippen molar-refractivity contribution in [3.05, 3.63) is 71.8 Å². The summed E-state index contributed by atoms with van der Waals surface area (Å²) in [5.41, 5.74) is 1.58. The zero-order valence-electron chi connectivity index (χ0n) is 12.8. The smallest absolute Gasteiger partial charge is 0.126 e. The molecule has 0 saturated carbocycles. The van der Waals surface area contributed by atoms with Gasteiger partial charge in [-0.05, 0) is 18.1 Å². The van der Waals surface area contributed by atoms with E-state index < -0.39 is 11.7 Å². The maximum absolute atomic E-state index is 10.0. The molecule has 2 nitrogen and oxygen atoms in total. The summed E-state index contributed by atoms with van der Waals surface area (Å²) in [7, 11) is 0. The van der Waals surface area contributed by atoms with Gasteiger partial charge in [0.05, 0.1) is 12.2 Å². The third-order valence-electron chi connectivity index (χ3n) is 4.72. The highest BCUT2D eigenvalue weighted by Crippen LogP contribution is 2.60. The van der Waals surface area contributed by atoms with E-state index >= 15 is 0 Å². The van der Waals surface area contributed by atoms with Crippen molar-refractivity contribution in [2.75, 3.05) is 0 Å². The van der Waals surface area contributed by atoms with Crippen LogP contribution in [0.15, 0.2) is 60.7 Å². The molecule has 1 heterocycles. The van der Waals surface area contributed by atoms with E-state index in [9.17, 15) is 5.11 Å². The SMILES string of the molecule is C[C@H](O)[C@@H]1OC(c2ccccc2)(c2ccccc2)C1(C)C. The Hall–Kier alpha value is -1.64. The van der Waals surface area contributed by atoms with E-state index in [1.165, 1.54) is 0 Å². The van der Waals surface area contributed by atoms with Crippen molar-refractivity contribution in [3.8, 4) is 0 Å². The van der Waals surface area contributed by atoms with Crippen LogP contribution in [0.25, 0.3) is 0 Å². The Morgan fingerprint density at radius 2 is 1.33 bits per heavy atom. The second kappa shape index (κ2) is 4.97. The van der Waals surface area contributed by atoms with Gasteiger partial charge in [-0.2, -0.15) is 0 Å². The summed E-state index contributed by atoms with van der Waals surface area (Å²) in [6.45, 7) is 6.15. The molecule has 1 aliphatic heterocycles. The molecule has 2 aromatic carbocycles. The van der Waals surface area contributed by atoms with Crippen LogP contribution in [0.3, 0.4) is 0 Å². The van der Waals surface area contributed by atoms with Gasteiger partial charge in [0.1, 0.15) is 5.60 Å². The third kappa shape index (κ3) is 1.94. The molecule has 2 aromatic rings. The Bertz CT molecular complexity index is 562. The fourth-order valence-electron chi connectivity index (χ4n) is 3.73. The minimum absolute atomic E-state index is 0.169. The number of aliphatic hydroxyl groups excluding tert-OH is 1.